The van der Waals surface area contributed by atoms with E-state index in [4.69, 9.17) is 5.73 Å². The number of alkyl halides is 3. The van der Waals surface area contributed by atoms with Gasteiger partial charge in [-0.15, -0.1) is 0 Å². The number of nitrogens with zero attached hydrogens (tertiary/aromatic N) is 1. The Balaban J connectivity index is 2.05. The summed E-state index contributed by atoms with van der Waals surface area (Å²) in [6.45, 7) is 0. The standard InChI is InChI=1S/C14H17F3N2/c15-14(16,17)11-7-5-10(6-8-11)9-12-3-1-2-4-13(18)19-12/h5-8,12H,1-4,9H2,(H2,18,19). The number of rotatable bonds is 2. The van der Waals surface area contributed by atoms with Crippen molar-refractivity contribution < 1.29 is 13.2 Å². The molecule has 0 aliphatic carbocycles. The molecule has 19 heavy (non-hydrogen) atoms. The Morgan fingerprint density at radius 3 is 2.47 bits per heavy atom. The van der Waals surface area contributed by atoms with Gasteiger partial charge in [0, 0.05) is 6.42 Å². The van der Waals surface area contributed by atoms with Gasteiger partial charge in [0.1, 0.15) is 0 Å². The van der Waals surface area contributed by atoms with Gasteiger partial charge in [0.05, 0.1) is 17.4 Å². The summed E-state index contributed by atoms with van der Waals surface area (Å²) >= 11 is 0. The second-order valence-corrected chi connectivity index (χ2v) is 4.92. The molecule has 104 valence electrons. The van der Waals surface area contributed by atoms with Crippen molar-refractivity contribution in [3.05, 3.63) is 35.4 Å². The molecule has 0 saturated heterocycles. The van der Waals surface area contributed by atoms with Gasteiger partial charge < -0.3 is 5.73 Å². The third-order valence-corrected chi connectivity index (χ3v) is 3.32. The monoisotopic (exact) mass is 270 g/mol. The minimum atomic E-state index is -4.27. The van der Waals surface area contributed by atoms with E-state index in [2.05, 4.69) is 4.99 Å². The van der Waals surface area contributed by atoms with Crippen molar-refractivity contribution in [1.82, 2.24) is 0 Å². The summed E-state index contributed by atoms with van der Waals surface area (Å²) in [5, 5.41) is 0. The number of benzene rings is 1. The van der Waals surface area contributed by atoms with Crippen LogP contribution in [0.15, 0.2) is 29.3 Å². The molecule has 1 aromatic rings. The van der Waals surface area contributed by atoms with Gasteiger partial charge in [-0.2, -0.15) is 13.2 Å². The lowest BCUT2D eigenvalue weighted by atomic mass is 10.0. The van der Waals surface area contributed by atoms with E-state index in [9.17, 15) is 13.2 Å². The van der Waals surface area contributed by atoms with Crippen molar-refractivity contribution >= 4 is 5.84 Å². The van der Waals surface area contributed by atoms with Crippen LogP contribution in [0.25, 0.3) is 0 Å². The molecule has 2 nitrogen and oxygen atoms in total. The van der Waals surface area contributed by atoms with Crippen LogP contribution in [0.4, 0.5) is 13.2 Å². The van der Waals surface area contributed by atoms with Gasteiger partial charge in [-0.25, -0.2) is 0 Å². The van der Waals surface area contributed by atoms with Gasteiger partial charge in [-0.05, 0) is 37.0 Å². The van der Waals surface area contributed by atoms with Gasteiger partial charge in [0.15, 0.2) is 0 Å². The molecule has 2 rings (SSSR count). The molecular weight excluding hydrogens is 253 g/mol. The lowest BCUT2D eigenvalue weighted by Crippen LogP contribution is -2.15. The molecule has 0 radical (unpaired) electrons. The SMILES string of the molecule is NC1=NC(Cc2ccc(C(F)(F)F)cc2)CCCC1. The topological polar surface area (TPSA) is 38.4 Å². The average Bonchev–Trinajstić information content (AvgIpc) is 2.53. The Bertz CT molecular complexity index is 449. The minimum absolute atomic E-state index is 0.0965. The van der Waals surface area contributed by atoms with Crippen LogP contribution in [0.1, 0.15) is 36.8 Å². The lowest BCUT2D eigenvalue weighted by Gasteiger charge is -2.12. The first-order valence-corrected chi connectivity index (χ1v) is 6.43. The van der Waals surface area contributed by atoms with Gasteiger partial charge in [0.25, 0.3) is 0 Å². The second kappa shape index (κ2) is 5.63. The first-order valence-electron chi connectivity index (χ1n) is 6.43. The lowest BCUT2D eigenvalue weighted by molar-refractivity contribution is -0.137. The Hall–Kier alpha value is -1.52. The first kappa shape index (κ1) is 13.9. The maximum absolute atomic E-state index is 12.4. The molecule has 1 heterocycles. The largest absolute Gasteiger partial charge is 0.416 e. The zero-order chi connectivity index (χ0) is 13.9. The quantitative estimate of drug-likeness (QED) is 0.877. The highest BCUT2D eigenvalue weighted by Crippen LogP contribution is 2.29. The number of aliphatic imine (C=N–C) groups is 1. The first-order chi connectivity index (χ1) is 8.95. The summed E-state index contributed by atoms with van der Waals surface area (Å²) in [6, 6.07) is 5.40. The molecule has 0 bridgehead atoms. The molecule has 1 atom stereocenters. The summed E-state index contributed by atoms with van der Waals surface area (Å²) in [6.07, 6.45) is 0.252. The summed E-state index contributed by atoms with van der Waals surface area (Å²) in [4.78, 5) is 4.41. The molecule has 2 N–H and O–H groups in total. The van der Waals surface area contributed by atoms with E-state index in [0.29, 0.717) is 12.3 Å². The van der Waals surface area contributed by atoms with Gasteiger partial charge in [0.2, 0.25) is 0 Å². The van der Waals surface area contributed by atoms with Crippen molar-refractivity contribution in [2.75, 3.05) is 0 Å². The molecule has 0 aromatic heterocycles. The number of hydrogen-bond acceptors (Lipinski definition) is 2. The molecule has 0 saturated carbocycles. The fraction of sp³-hybridized carbons (Fsp3) is 0.500. The normalized spacial score (nSPS) is 20.8. The van der Waals surface area contributed by atoms with Crippen LogP contribution in [-0.2, 0) is 12.6 Å². The van der Waals surface area contributed by atoms with E-state index < -0.39 is 11.7 Å². The van der Waals surface area contributed by atoms with E-state index in [1.54, 1.807) is 0 Å². The molecule has 1 aliphatic rings. The average molecular weight is 270 g/mol. The Morgan fingerprint density at radius 2 is 1.84 bits per heavy atom. The predicted octanol–water partition coefficient (Wildman–Crippen LogP) is 3.55. The Labute approximate surface area is 110 Å². The zero-order valence-corrected chi connectivity index (χ0v) is 10.6. The zero-order valence-electron chi connectivity index (χ0n) is 10.6. The summed E-state index contributed by atoms with van der Waals surface area (Å²) in [5.41, 5.74) is 6.02. The fourth-order valence-electron chi connectivity index (χ4n) is 2.30. The summed E-state index contributed by atoms with van der Waals surface area (Å²) in [7, 11) is 0. The Kier molecular flexibility index (Phi) is 4.12. The highest BCUT2D eigenvalue weighted by Gasteiger charge is 2.30. The molecule has 1 unspecified atom stereocenters. The van der Waals surface area contributed by atoms with Gasteiger partial charge >= 0.3 is 6.18 Å². The number of halogens is 3. The third-order valence-electron chi connectivity index (χ3n) is 3.32. The molecule has 1 aliphatic heterocycles. The molecule has 0 spiro atoms. The summed E-state index contributed by atoms with van der Waals surface area (Å²) < 4.78 is 37.3. The van der Waals surface area contributed by atoms with Crippen LogP contribution >= 0.6 is 0 Å². The van der Waals surface area contributed by atoms with Crippen LogP contribution in [0.5, 0.6) is 0 Å². The molecule has 5 heteroatoms. The van der Waals surface area contributed by atoms with Crippen molar-refractivity contribution in [1.29, 1.82) is 0 Å². The second-order valence-electron chi connectivity index (χ2n) is 4.92. The van der Waals surface area contributed by atoms with E-state index in [0.717, 1.165) is 43.4 Å². The maximum Gasteiger partial charge on any atom is 0.416 e. The van der Waals surface area contributed by atoms with Crippen molar-refractivity contribution in [2.45, 2.75) is 44.3 Å². The van der Waals surface area contributed by atoms with Crippen LogP contribution in [0.3, 0.4) is 0 Å². The molecule has 0 fully saturated rings. The van der Waals surface area contributed by atoms with Crippen LogP contribution in [0, 0.1) is 0 Å². The van der Waals surface area contributed by atoms with Crippen molar-refractivity contribution in [3.8, 4) is 0 Å². The summed E-state index contributed by atoms with van der Waals surface area (Å²) in [5.74, 6) is 0.661. The van der Waals surface area contributed by atoms with Crippen LogP contribution in [-0.4, -0.2) is 11.9 Å². The van der Waals surface area contributed by atoms with E-state index in [1.165, 1.54) is 12.1 Å². The Morgan fingerprint density at radius 1 is 1.16 bits per heavy atom. The van der Waals surface area contributed by atoms with Gasteiger partial charge in [-0.3, -0.25) is 4.99 Å². The molecule has 0 amide bonds. The van der Waals surface area contributed by atoms with E-state index in [1.807, 2.05) is 0 Å². The van der Waals surface area contributed by atoms with Gasteiger partial charge in [-0.1, -0.05) is 18.6 Å². The van der Waals surface area contributed by atoms with Crippen LogP contribution in [0.2, 0.25) is 0 Å². The number of amidine groups is 1. The smallest absolute Gasteiger partial charge is 0.387 e. The maximum atomic E-state index is 12.4. The van der Waals surface area contributed by atoms with Crippen molar-refractivity contribution in [2.24, 2.45) is 10.7 Å². The van der Waals surface area contributed by atoms with E-state index >= 15 is 0 Å². The minimum Gasteiger partial charge on any atom is -0.387 e. The predicted molar refractivity (Wildman–Crippen MR) is 69.0 cm³/mol. The number of nitrogens with two attached hydrogens (primary N) is 1. The fourth-order valence-corrected chi connectivity index (χ4v) is 2.30. The van der Waals surface area contributed by atoms with Crippen molar-refractivity contribution in [3.63, 3.8) is 0 Å². The molecular formula is C14H17F3N2. The molecule has 1 aromatic carbocycles. The highest BCUT2D eigenvalue weighted by atomic mass is 19.4. The number of hydrogen-bond donors (Lipinski definition) is 1. The van der Waals surface area contributed by atoms with Crippen LogP contribution < -0.4 is 5.73 Å². The van der Waals surface area contributed by atoms with E-state index in [-0.39, 0.29) is 6.04 Å². The third kappa shape index (κ3) is 3.98. The highest BCUT2D eigenvalue weighted by molar-refractivity contribution is 5.80.